The average molecular weight is 269 g/mol. The largest absolute Gasteiger partial charge is 0.317 e. The molecule has 1 amide bonds. The maximum atomic E-state index is 13.3. The van der Waals surface area contributed by atoms with Crippen LogP contribution in [-0.2, 0) is 0 Å². The van der Waals surface area contributed by atoms with Gasteiger partial charge in [0.25, 0.3) is 5.91 Å². The summed E-state index contributed by atoms with van der Waals surface area (Å²) < 4.78 is 25.9. The van der Waals surface area contributed by atoms with E-state index in [-0.39, 0.29) is 5.69 Å². The van der Waals surface area contributed by atoms with Crippen LogP contribution in [0.3, 0.4) is 0 Å². The highest BCUT2D eigenvalue weighted by Gasteiger charge is 2.16. The molecule has 0 unspecified atom stereocenters. The quantitative estimate of drug-likeness (QED) is 0.853. The van der Waals surface area contributed by atoms with Gasteiger partial charge in [0.15, 0.2) is 0 Å². The Balaban J connectivity index is 2.24. The zero-order valence-electron chi connectivity index (χ0n) is 9.62. The third kappa shape index (κ3) is 2.51. The van der Waals surface area contributed by atoms with E-state index >= 15 is 0 Å². The number of pyridine rings is 1. The number of nitrogens with one attached hydrogen (secondary N) is 1. The van der Waals surface area contributed by atoms with Crippen LogP contribution in [0.15, 0.2) is 12.1 Å². The summed E-state index contributed by atoms with van der Waals surface area (Å²) in [5, 5.41) is 3.08. The fourth-order valence-electron chi connectivity index (χ4n) is 1.43. The molecule has 2 aromatic heterocycles. The van der Waals surface area contributed by atoms with Gasteiger partial charge in [0.2, 0.25) is 11.9 Å². The molecule has 4 nitrogen and oxygen atoms in total. The molecule has 7 heteroatoms. The normalized spacial score (nSPS) is 10.4. The lowest BCUT2D eigenvalue weighted by Gasteiger charge is -2.04. The molecule has 0 aliphatic rings. The number of amides is 1. The molecular formula is C11H9F2N3OS. The van der Waals surface area contributed by atoms with Crippen molar-refractivity contribution in [2.24, 2.45) is 0 Å². The molecule has 1 N–H and O–H groups in total. The van der Waals surface area contributed by atoms with Crippen LogP contribution in [-0.4, -0.2) is 15.9 Å². The number of halogens is 2. The van der Waals surface area contributed by atoms with Crippen LogP contribution in [0, 0.1) is 25.7 Å². The molecule has 0 spiro atoms. The van der Waals surface area contributed by atoms with Gasteiger partial charge in [0, 0.05) is 0 Å². The summed E-state index contributed by atoms with van der Waals surface area (Å²) in [5.41, 5.74) is 0.414. The summed E-state index contributed by atoms with van der Waals surface area (Å²) in [4.78, 5) is 19.3. The van der Waals surface area contributed by atoms with E-state index in [4.69, 9.17) is 0 Å². The van der Waals surface area contributed by atoms with E-state index in [1.54, 1.807) is 13.8 Å². The van der Waals surface area contributed by atoms with Crippen LogP contribution in [0.4, 0.5) is 14.5 Å². The van der Waals surface area contributed by atoms with Crippen molar-refractivity contribution >= 4 is 22.9 Å². The molecule has 2 heterocycles. The lowest BCUT2D eigenvalue weighted by molar-refractivity contribution is 0.102. The highest BCUT2D eigenvalue weighted by molar-refractivity contribution is 7.13. The number of aromatic nitrogens is 2. The maximum Gasteiger partial charge on any atom is 0.267 e. The molecule has 2 rings (SSSR count). The summed E-state index contributed by atoms with van der Waals surface area (Å²) >= 11 is 1.21. The number of carbonyl (C=O) groups is 1. The topological polar surface area (TPSA) is 54.9 Å². The van der Waals surface area contributed by atoms with Crippen molar-refractivity contribution in [1.82, 2.24) is 9.97 Å². The van der Waals surface area contributed by atoms with E-state index in [9.17, 15) is 13.6 Å². The van der Waals surface area contributed by atoms with Crippen molar-refractivity contribution < 1.29 is 13.6 Å². The lowest BCUT2D eigenvalue weighted by Crippen LogP contribution is -2.13. The minimum Gasteiger partial charge on any atom is -0.317 e. The van der Waals surface area contributed by atoms with Crippen LogP contribution in [0.1, 0.15) is 20.4 Å². The van der Waals surface area contributed by atoms with Gasteiger partial charge < -0.3 is 5.32 Å². The Morgan fingerprint density at radius 2 is 2.00 bits per heavy atom. The first-order valence-electron chi connectivity index (χ1n) is 5.05. The fourth-order valence-corrected chi connectivity index (χ4v) is 2.24. The summed E-state index contributed by atoms with van der Waals surface area (Å²) in [6.45, 7) is 3.46. The number of hydrogen-bond donors (Lipinski definition) is 1. The Bertz CT molecular complexity index is 612. The molecule has 0 saturated carbocycles. The smallest absolute Gasteiger partial charge is 0.267 e. The van der Waals surface area contributed by atoms with E-state index < -0.39 is 17.8 Å². The van der Waals surface area contributed by atoms with Gasteiger partial charge in [-0.1, -0.05) is 0 Å². The predicted octanol–water partition coefficient (Wildman–Crippen LogP) is 2.69. The first kappa shape index (κ1) is 12.6. The Morgan fingerprint density at radius 1 is 1.28 bits per heavy atom. The van der Waals surface area contributed by atoms with Gasteiger partial charge in [-0.25, -0.2) is 4.98 Å². The molecule has 0 fully saturated rings. The van der Waals surface area contributed by atoms with Gasteiger partial charge in [-0.05, 0) is 26.0 Å². The summed E-state index contributed by atoms with van der Waals surface area (Å²) in [6, 6.07) is 2.10. The first-order chi connectivity index (χ1) is 8.47. The second-order valence-electron chi connectivity index (χ2n) is 3.57. The van der Waals surface area contributed by atoms with E-state index in [2.05, 4.69) is 15.3 Å². The Labute approximate surface area is 106 Å². The molecule has 2 aromatic rings. The Morgan fingerprint density at radius 3 is 2.56 bits per heavy atom. The van der Waals surface area contributed by atoms with Crippen molar-refractivity contribution in [3.8, 4) is 0 Å². The number of nitrogens with zero attached hydrogens (tertiary/aromatic N) is 2. The number of thiazole rings is 1. The minimum atomic E-state index is -1.05. The molecule has 0 radical (unpaired) electrons. The van der Waals surface area contributed by atoms with Crippen molar-refractivity contribution in [2.45, 2.75) is 13.8 Å². The Hall–Kier alpha value is -1.89. The fraction of sp³-hybridized carbons (Fsp3) is 0.182. The minimum absolute atomic E-state index is 0.160. The number of rotatable bonds is 2. The Kier molecular flexibility index (Phi) is 3.33. The maximum absolute atomic E-state index is 13.3. The molecule has 18 heavy (non-hydrogen) atoms. The SMILES string of the molecule is Cc1nc(C)c(C(=O)Nc2ccc(F)nc2F)s1. The van der Waals surface area contributed by atoms with E-state index in [1.807, 2.05) is 0 Å². The highest BCUT2D eigenvalue weighted by atomic mass is 32.1. The van der Waals surface area contributed by atoms with Crippen LogP contribution in [0.5, 0.6) is 0 Å². The number of carbonyl (C=O) groups excluding carboxylic acids is 1. The van der Waals surface area contributed by atoms with Gasteiger partial charge in [0.1, 0.15) is 4.88 Å². The predicted molar refractivity (Wildman–Crippen MR) is 63.7 cm³/mol. The van der Waals surface area contributed by atoms with E-state index in [0.717, 1.165) is 17.1 Å². The molecule has 0 bridgehead atoms. The van der Waals surface area contributed by atoms with Crippen molar-refractivity contribution in [1.29, 1.82) is 0 Å². The van der Waals surface area contributed by atoms with E-state index in [1.165, 1.54) is 11.3 Å². The average Bonchev–Trinajstić information content (AvgIpc) is 2.62. The highest BCUT2D eigenvalue weighted by Crippen LogP contribution is 2.20. The third-order valence-corrected chi connectivity index (χ3v) is 3.24. The number of aryl methyl sites for hydroxylation is 2. The number of hydrogen-bond acceptors (Lipinski definition) is 4. The molecule has 0 aliphatic heterocycles. The lowest BCUT2D eigenvalue weighted by atomic mass is 10.3. The molecule has 94 valence electrons. The summed E-state index contributed by atoms with van der Waals surface area (Å²) in [5.74, 6) is -2.47. The third-order valence-electron chi connectivity index (χ3n) is 2.17. The van der Waals surface area contributed by atoms with Gasteiger partial charge in [-0.15, -0.1) is 11.3 Å². The van der Waals surface area contributed by atoms with Crippen LogP contribution >= 0.6 is 11.3 Å². The second kappa shape index (κ2) is 4.77. The van der Waals surface area contributed by atoms with Crippen LogP contribution in [0.25, 0.3) is 0 Å². The van der Waals surface area contributed by atoms with Gasteiger partial charge in [-0.2, -0.15) is 13.8 Å². The summed E-state index contributed by atoms with van der Waals surface area (Å²) in [6.07, 6.45) is 0. The van der Waals surface area contributed by atoms with Crippen LogP contribution in [0.2, 0.25) is 0 Å². The van der Waals surface area contributed by atoms with Gasteiger partial charge >= 0.3 is 0 Å². The van der Waals surface area contributed by atoms with Crippen molar-refractivity contribution in [2.75, 3.05) is 5.32 Å². The van der Waals surface area contributed by atoms with Crippen LogP contribution < -0.4 is 5.32 Å². The van der Waals surface area contributed by atoms with Crippen molar-refractivity contribution in [3.05, 3.63) is 39.6 Å². The first-order valence-corrected chi connectivity index (χ1v) is 5.86. The zero-order valence-corrected chi connectivity index (χ0v) is 10.4. The van der Waals surface area contributed by atoms with Gasteiger partial charge in [0.05, 0.1) is 16.4 Å². The molecule has 0 aromatic carbocycles. The summed E-state index contributed by atoms with van der Waals surface area (Å²) in [7, 11) is 0. The van der Waals surface area contributed by atoms with Crippen molar-refractivity contribution in [3.63, 3.8) is 0 Å². The molecule has 0 atom stereocenters. The second-order valence-corrected chi connectivity index (χ2v) is 4.78. The van der Waals surface area contributed by atoms with Gasteiger partial charge in [-0.3, -0.25) is 4.79 Å². The zero-order chi connectivity index (χ0) is 13.3. The number of anilines is 1. The molecule has 0 saturated heterocycles. The monoisotopic (exact) mass is 269 g/mol. The van der Waals surface area contributed by atoms with E-state index in [0.29, 0.717) is 10.6 Å². The molecule has 0 aliphatic carbocycles. The standard InChI is InChI=1S/C11H9F2N3OS/c1-5-9(18-6(2)14-5)11(17)15-7-3-4-8(12)16-10(7)13/h3-4H,1-2H3,(H,15,17). The molecular weight excluding hydrogens is 260 g/mol.